The molecule has 3 nitrogen and oxygen atoms in total. The Morgan fingerprint density at radius 2 is 1.95 bits per heavy atom. The molecule has 7 heteroatoms. The Labute approximate surface area is 120 Å². The number of alkyl halides is 3. The Hall–Kier alpha value is -0.980. The van der Waals surface area contributed by atoms with Gasteiger partial charge in [0.25, 0.3) is 0 Å². The maximum atomic E-state index is 13.4. The molecule has 0 bridgehead atoms. The van der Waals surface area contributed by atoms with Crippen LogP contribution in [0.25, 0.3) is 0 Å². The van der Waals surface area contributed by atoms with E-state index in [1.54, 1.807) is 0 Å². The van der Waals surface area contributed by atoms with Crippen LogP contribution in [-0.2, 0) is 0 Å². The summed E-state index contributed by atoms with van der Waals surface area (Å²) in [5.74, 6) is 0.258. The molecule has 2 rings (SSSR count). The predicted molar refractivity (Wildman–Crippen MR) is 71.2 cm³/mol. The lowest BCUT2D eigenvalue weighted by atomic mass is 10.0. The standard InChI is InChI=1S/C13H16ClF3N2O/c1-20-11-8-9(2-3-10(11)14)12(13(15,16)17)19-6-4-18-5-7-19/h2-3,8,12,18H,4-7H2,1H3/t12-/m1/s1. The van der Waals surface area contributed by atoms with Crippen molar-refractivity contribution in [1.82, 2.24) is 10.2 Å². The van der Waals surface area contributed by atoms with Gasteiger partial charge < -0.3 is 10.1 Å². The molecule has 1 atom stereocenters. The molecule has 1 saturated heterocycles. The summed E-state index contributed by atoms with van der Waals surface area (Å²) in [6.07, 6.45) is -4.34. The quantitative estimate of drug-likeness (QED) is 0.929. The van der Waals surface area contributed by atoms with Crippen molar-refractivity contribution in [3.05, 3.63) is 28.8 Å². The Balaban J connectivity index is 2.35. The Bertz CT molecular complexity index is 461. The number of hydrogen-bond acceptors (Lipinski definition) is 3. The zero-order valence-electron chi connectivity index (χ0n) is 11.0. The molecule has 0 aliphatic carbocycles. The van der Waals surface area contributed by atoms with Crippen LogP contribution in [-0.4, -0.2) is 44.4 Å². The van der Waals surface area contributed by atoms with Gasteiger partial charge in [-0.2, -0.15) is 13.2 Å². The second-order valence-electron chi connectivity index (χ2n) is 4.62. The number of nitrogens with one attached hydrogen (secondary N) is 1. The Morgan fingerprint density at radius 1 is 1.30 bits per heavy atom. The third-order valence-electron chi connectivity index (χ3n) is 3.32. The van der Waals surface area contributed by atoms with E-state index in [9.17, 15) is 13.2 Å². The minimum Gasteiger partial charge on any atom is -0.495 e. The van der Waals surface area contributed by atoms with E-state index < -0.39 is 12.2 Å². The summed E-state index contributed by atoms with van der Waals surface area (Å²) in [4.78, 5) is 1.43. The number of hydrogen-bond donors (Lipinski definition) is 1. The normalized spacial score (nSPS) is 18.9. The molecule has 1 aromatic carbocycles. The van der Waals surface area contributed by atoms with E-state index in [0.717, 1.165) is 0 Å². The van der Waals surface area contributed by atoms with Gasteiger partial charge in [0.05, 0.1) is 12.1 Å². The molecular weight excluding hydrogens is 293 g/mol. The SMILES string of the molecule is COc1cc([C@@H](N2CCNCC2)C(F)(F)F)ccc1Cl. The Kier molecular flexibility index (Phi) is 4.78. The summed E-state index contributed by atoms with van der Waals surface area (Å²) in [6, 6.07) is 2.58. The summed E-state index contributed by atoms with van der Waals surface area (Å²) in [5.41, 5.74) is 0.153. The highest BCUT2D eigenvalue weighted by Gasteiger charge is 2.45. The molecule has 0 aromatic heterocycles. The number of piperazine rings is 1. The first kappa shape index (κ1) is 15.4. The predicted octanol–water partition coefficient (Wildman–Crippen LogP) is 2.86. The summed E-state index contributed by atoms with van der Waals surface area (Å²) < 4.78 is 45.2. The summed E-state index contributed by atoms with van der Waals surface area (Å²) in [5, 5.41) is 3.35. The molecular formula is C13H16ClF3N2O. The van der Waals surface area contributed by atoms with Gasteiger partial charge in [0.15, 0.2) is 0 Å². The fourth-order valence-electron chi connectivity index (χ4n) is 2.39. The number of ether oxygens (including phenoxy) is 1. The minimum atomic E-state index is -4.34. The van der Waals surface area contributed by atoms with Crippen LogP contribution in [0.4, 0.5) is 13.2 Å². The minimum absolute atomic E-state index is 0.153. The van der Waals surface area contributed by atoms with Crippen LogP contribution in [0.1, 0.15) is 11.6 Å². The highest BCUT2D eigenvalue weighted by atomic mass is 35.5. The first-order valence-corrected chi connectivity index (χ1v) is 6.66. The third-order valence-corrected chi connectivity index (χ3v) is 3.63. The lowest BCUT2D eigenvalue weighted by molar-refractivity contribution is -0.187. The molecule has 1 fully saturated rings. The fourth-order valence-corrected chi connectivity index (χ4v) is 2.59. The van der Waals surface area contributed by atoms with Crippen LogP contribution in [0.3, 0.4) is 0 Å². The fraction of sp³-hybridized carbons (Fsp3) is 0.538. The van der Waals surface area contributed by atoms with Gasteiger partial charge in [-0.05, 0) is 17.7 Å². The lowest BCUT2D eigenvalue weighted by Crippen LogP contribution is -2.49. The van der Waals surface area contributed by atoms with Crippen molar-refractivity contribution in [2.24, 2.45) is 0 Å². The van der Waals surface area contributed by atoms with E-state index in [1.165, 1.54) is 30.2 Å². The smallest absolute Gasteiger partial charge is 0.408 e. The zero-order valence-corrected chi connectivity index (χ0v) is 11.8. The van der Waals surface area contributed by atoms with Crippen molar-refractivity contribution in [3.63, 3.8) is 0 Å². The molecule has 1 aliphatic heterocycles. The second kappa shape index (κ2) is 6.20. The maximum Gasteiger partial charge on any atom is 0.408 e. The average molecular weight is 309 g/mol. The average Bonchev–Trinajstić information content (AvgIpc) is 2.40. The van der Waals surface area contributed by atoms with E-state index >= 15 is 0 Å². The molecule has 0 radical (unpaired) electrons. The molecule has 0 spiro atoms. The van der Waals surface area contributed by atoms with E-state index in [0.29, 0.717) is 31.2 Å². The van der Waals surface area contributed by atoms with Crippen LogP contribution < -0.4 is 10.1 Å². The van der Waals surface area contributed by atoms with Crippen molar-refractivity contribution in [2.75, 3.05) is 33.3 Å². The molecule has 0 amide bonds. The summed E-state index contributed by atoms with van der Waals surface area (Å²) in [7, 11) is 1.39. The van der Waals surface area contributed by atoms with Gasteiger partial charge in [-0.25, -0.2) is 0 Å². The van der Waals surface area contributed by atoms with Gasteiger partial charge in [0.1, 0.15) is 11.8 Å². The maximum absolute atomic E-state index is 13.4. The van der Waals surface area contributed by atoms with Gasteiger partial charge in [-0.1, -0.05) is 17.7 Å². The molecule has 1 aromatic rings. The molecule has 20 heavy (non-hydrogen) atoms. The largest absolute Gasteiger partial charge is 0.495 e. The van der Waals surface area contributed by atoms with E-state index in [2.05, 4.69) is 5.32 Å². The topological polar surface area (TPSA) is 24.5 Å². The summed E-state index contributed by atoms with van der Waals surface area (Å²) >= 11 is 5.87. The van der Waals surface area contributed by atoms with Crippen LogP contribution in [0.15, 0.2) is 18.2 Å². The van der Waals surface area contributed by atoms with Crippen molar-refractivity contribution in [2.45, 2.75) is 12.2 Å². The second-order valence-corrected chi connectivity index (χ2v) is 5.03. The summed E-state index contributed by atoms with van der Waals surface area (Å²) in [6.45, 7) is 1.82. The van der Waals surface area contributed by atoms with Crippen molar-refractivity contribution in [3.8, 4) is 5.75 Å². The lowest BCUT2D eigenvalue weighted by Gasteiger charge is -2.36. The molecule has 1 aliphatic rings. The van der Waals surface area contributed by atoms with E-state index in [-0.39, 0.29) is 11.3 Å². The first-order chi connectivity index (χ1) is 9.43. The highest BCUT2D eigenvalue weighted by molar-refractivity contribution is 6.32. The van der Waals surface area contributed by atoms with Gasteiger partial charge in [0, 0.05) is 26.2 Å². The Morgan fingerprint density at radius 3 is 2.50 bits per heavy atom. The zero-order chi connectivity index (χ0) is 14.8. The van der Waals surface area contributed by atoms with Gasteiger partial charge >= 0.3 is 6.18 Å². The van der Waals surface area contributed by atoms with Crippen LogP contribution >= 0.6 is 11.6 Å². The van der Waals surface area contributed by atoms with Crippen molar-refractivity contribution >= 4 is 11.6 Å². The molecule has 0 saturated carbocycles. The first-order valence-electron chi connectivity index (χ1n) is 6.28. The van der Waals surface area contributed by atoms with Crippen LogP contribution in [0.2, 0.25) is 5.02 Å². The van der Waals surface area contributed by atoms with Gasteiger partial charge in [-0.3, -0.25) is 4.90 Å². The van der Waals surface area contributed by atoms with E-state index in [1.807, 2.05) is 0 Å². The number of rotatable bonds is 3. The molecule has 1 N–H and O–H groups in total. The molecule has 0 unspecified atom stereocenters. The number of methoxy groups -OCH3 is 1. The van der Waals surface area contributed by atoms with Gasteiger partial charge in [0.2, 0.25) is 0 Å². The van der Waals surface area contributed by atoms with Gasteiger partial charge in [-0.15, -0.1) is 0 Å². The third kappa shape index (κ3) is 3.37. The van der Waals surface area contributed by atoms with E-state index in [4.69, 9.17) is 16.3 Å². The number of benzene rings is 1. The monoisotopic (exact) mass is 308 g/mol. The highest BCUT2D eigenvalue weighted by Crippen LogP contribution is 2.40. The number of nitrogens with zero attached hydrogens (tertiary/aromatic N) is 1. The van der Waals surface area contributed by atoms with Crippen LogP contribution in [0, 0.1) is 0 Å². The van der Waals surface area contributed by atoms with Crippen LogP contribution in [0.5, 0.6) is 5.75 Å². The molecule has 1 heterocycles. The number of halogens is 4. The molecule has 112 valence electrons. The van der Waals surface area contributed by atoms with Crippen molar-refractivity contribution in [1.29, 1.82) is 0 Å². The van der Waals surface area contributed by atoms with Crippen molar-refractivity contribution < 1.29 is 17.9 Å².